The van der Waals surface area contributed by atoms with E-state index in [1.807, 2.05) is 0 Å². The Morgan fingerprint density at radius 3 is 2.36 bits per heavy atom. The summed E-state index contributed by atoms with van der Waals surface area (Å²) in [6.45, 7) is 0.222. The van der Waals surface area contributed by atoms with Crippen molar-refractivity contribution in [2.45, 2.75) is 0 Å². The smallest absolute Gasteiger partial charge is 0.319 e. The van der Waals surface area contributed by atoms with Gasteiger partial charge < -0.3 is 15.4 Å². The van der Waals surface area contributed by atoms with Crippen LogP contribution < -0.4 is 15.4 Å². The molecule has 9 heteroatoms. The van der Waals surface area contributed by atoms with E-state index >= 15 is 0 Å². The number of rotatable bonds is 6. The summed E-state index contributed by atoms with van der Waals surface area (Å²) in [6, 6.07) is 11.3. The van der Waals surface area contributed by atoms with Gasteiger partial charge in [-0.05, 0) is 42.5 Å². The Hall–Kier alpha value is -3.62. The molecule has 0 aliphatic rings. The summed E-state index contributed by atoms with van der Waals surface area (Å²) in [5.74, 6) is -1.70. The second kappa shape index (κ2) is 8.85. The highest BCUT2D eigenvalue weighted by Crippen LogP contribution is 2.18. The molecule has 28 heavy (non-hydrogen) atoms. The number of benzene rings is 2. The number of hydrogen-bond acceptors (Lipinski definition) is 4. The normalized spacial score (nSPS) is 10.4. The number of amides is 2. The largest absolute Gasteiger partial charge is 0.475 e. The second-order valence-corrected chi connectivity index (χ2v) is 5.62. The van der Waals surface area contributed by atoms with E-state index in [2.05, 4.69) is 20.8 Å². The van der Waals surface area contributed by atoms with Crippen LogP contribution >= 0.6 is 0 Å². The van der Waals surface area contributed by atoms with Crippen molar-refractivity contribution < 1.29 is 22.7 Å². The van der Waals surface area contributed by atoms with Gasteiger partial charge in [-0.1, -0.05) is 0 Å². The van der Waals surface area contributed by atoms with Crippen molar-refractivity contribution in [1.82, 2.24) is 15.5 Å². The highest BCUT2D eigenvalue weighted by Gasteiger charge is 2.08. The predicted octanol–water partition coefficient (Wildman–Crippen LogP) is 3.76. The standard InChI is InChI=1S/C19H15F3N4O2/c20-13-3-1-12(2-4-13)16-7-8-18(26-25-16)28-10-9-23-19(27)24-17-6-5-14(21)11-15(17)22/h1-8,11H,9-10H2,(H2,23,24,27). The zero-order chi connectivity index (χ0) is 19.9. The zero-order valence-electron chi connectivity index (χ0n) is 14.5. The van der Waals surface area contributed by atoms with Gasteiger partial charge in [-0.2, -0.15) is 0 Å². The highest BCUT2D eigenvalue weighted by molar-refractivity contribution is 5.89. The van der Waals surface area contributed by atoms with Gasteiger partial charge in [0, 0.05) is 17.7 Å². The molecule has 1 heterocycles. The van der Waals surface area contributed by atoms with Gasteiger partial charge in [-0.25, -0.2) is 18.0 Å². The van der Waals surface area contributed by atoms with Crippen molar-refractivity contribution in [3.05, 3.63) is 72.0 Å². The van der Waals surface area contributed by atoms with Gasteiger partial charge in [-0.15, -0.1) is 10.2 Å². The zero-order valence-corrected chi connectivity index (χ0v) is 14.5. The molecule has 2 N–H and O–H groups in total. The molecular formula is C19H15F3N4O2. The number of nitrogens with one attached hydrogen (secondary N) is 2. The molecule has 0 unspecified atom stereocenters. The van der Waals surface area contributed by atoms with Crippen LogP contribution in [0.3, 0.4) is 0 Å². The third-order valence-corrected chi connectivity index (χ3v) is 3.60. The van der Waals surface area contributed by atoms with Crippen molar-refractivity contribution in [3.63, 3.8) is 0 Å². The van der Waals surface area contributed by atoms with Crippen LogP contribution in [0, 0.1) is 17.5 Å². The van der Waals surface area contributed by atoms with E-state index in [4.69, 9.17) is 4.74 Å². The maximum Gasteiger partial charge on any atom is 0.319 e. The number of carbonyl (C=O) groups excluding carboxylic acids is 1. The monoisotopic (exact) mass is 388 g/mol. The topological polar surface area (TPSA) is 76.1 Å². The summed E-state index contributed by atoms with van der Waals surface area (Å²) in [5.41, 5.74) is 1.14. The molecule has 2 amide bonds. The summed E-state index contributed by atoms with van der Waals surface area (Å²) < 4.78 is 44.6. The van der Waals surface area contributed by atoms with Crippen molar-refractivity contribution in [2.24, 2.45) is 0 Å². The fourth-order valence-electron chi connectivity index (χ4n) is 2.25. The van der Waals surface area contributed by atoms with Crippen LogP contribution in [0.25, 0.3) is 11.3 Å². The molecule has 0 spiro atoms. The number of nitrogens with zero attached hydrogens (tertiary/aromatic N) is 2. The lowest BCUT2D eigenvalue weighted by atomic mass is 10.1. The molecule has 3 aromatic rings. The maximum absolute atomic E-state index is 13.5. The summed E-state index contributed by atoms with van der Waals surface area (Å²) in [4.78, 5) is 11.7. The Bertz CT molecular complexity index is 950. The van der Waals surface area contributed by atoms with Gasteiger partial charge in [0.15, 0.2) is 0 Å². The average Bonchev–Trinajstić information content (AvgIpc) is 2.69. The van der Waals surface area contributed by atoms with Crippen LogP contribution in [0.2, 0.25) is 0 Å². The van der Waals surface area contributed by atoms with Crippen LogP contribution in [-0.4, -0.2) is 29.4 Å². The minimum Gasteiger partial charge on any atom is -0.475 e. The van der Waals surface area contributed by atoms with Crippen LogP contribution in [-0.2, 0) is 0 Å². The van der Waals surface area contributed by atoms with Gasteiger partial charge >= 0.3 is 6.03 Å². The van der Waals surface area contributed by atoms with Gasteiger partial charge in [0.05, 0.1) is 17.9 Å². The molecular weight excluding hydrogens is 373 g/mol. The first-order chi connectivity index (χ1) is 13.5. The Morgan fingerprint density at radius 1 is 0.929 bits per heavy atom. The van der Waals surface area contributed by atoms with E-state index in [9.17, 15) is 18.0 Å². The quantitative estimate of drug-likeness (QED) is 0.631. The fraction of sp³-hybridized carbons (Fsp3) is 0.105. The van der Waals surface area contributed by atoms with Crippen molar-refractivity contribution >= 4 is 11.7 Å². The fourth-order valence-corrected chi connectivity index (χ4v) is 2.25. The SMILES string of the molecule is O=C(NCCOc1ccc(-c2ccc(F)cc2)nn1)Nc1ccc(F)cc1F. The summed E-state index contributed by atoms with van der Waals surface area (Å²) in [7, 11) is 0. The summed E-state index contributed by atoms with van der Waals surface area (Å²) in [6.07, 6.45) is 0. The number of urea groups is 1. The minimum absolute atomic E-state index is 0.101. The van der Waals surface area contributed by atoms with Gasteiger partial charge in [-0.3, -0.25) is 0 Å². The van der Waals surface area contributed by atoms with E-state index in [0.717, 1.165) is 12.1 Å². The maximum atomic E-state index is 13.5. The molecule has 0 saturated carbocycles. The van der Waals surface area contributed by atoms with E-state index < -0.39 is 17.7 Å². The first kappa shape index (κ1) is 19.2. The first-order valence-electron chi connectivity index (χ1n) is 8.23. The Morgan fingerprint density at radius 2 is 1.68 bits per heavy atom. The average molecular weight is 388 g/mol. The summed E-state index contributed by atoms with van der Waals surface area (Å²) >= 11 is 0. The van der Waals surface area contributed by atoms with Crippen LogP contribution in [0.5, 0.6) is 5.88 Å². The predicted molar refractivity (Wildman–Crippen MR) is 96.3 cm³/mol. The molecule has 144 valence electrons. The molecule has 0 atom stereocenters. The number of ether oxygens (including phenoxy) is 1. The third kappa shape index (κ3) is 5.19. The molecule has 0 bridgehead atoms. The Labute approximate surface area is 158 Å². The van der Waals surface area contributed by atoms with Gasteiger partial charge in [0.25, 0.3) is 0 Å². The molecule has 6 nitrogen and oxygen atoms in total. The third-order valence-electron chi connectivity index (χ3n) is 3.60. The lowest BCUT2D eigenvalue weighted by Gasteiger charge is -2.09. The van der Waals surface area contributed by atoms with Crippen molar-refractivity contribution in [1.29, 1.82) is 0 Å². The molecule has 0 radical (unpaired) electrons. The van der Waals surface area contributed by atoms with Gasteiger partial charge in [0.2, 0.25) is 5.88 Å². The number of anilines is 1. The second-order valence-electron chi connectivity index (χ2n) is 5.62. The van der Waals surface area contributed by atoms with Gasteiger partial charge in [0.1, 0.15) is 24.1 Å². The lowest BCUT2D eigenvalue weighted by Crippen LogP contribution is -2.32. The summed E-state index contributed by atoms with van der Waals surface area (Å²) in [5, 5.41) is 12.6. The Kier molecular flexibility index (Phi) is 6.05. The lowest BCUT2D eigenvalue weighted by molar-refractivity contribution is 0.246. The van der Waals surface area contributed by atoms with E-state index in [1.165, 1.54) is 12.1 Å². The highest BCUT2D eigenvalue weighted by atomic mass is 19.1. The van der Waals surface area contributed by atoms with Crippen LogP contribution in [0.15, 0.2) is 54.6 Å². The van der Waals surface area contributed by atoms with Crippen LogP contribution in [0.1, 0.15) is 0 Å². The molecule has 1 aromatic heterocycles. The number of carbonyl (C=O) groups is 1. The number of aromatic nitrogens is 2. The molecule has 2 aromatic carbocycles. The first-order valence-corrected chi connectivity index (χ1v) is 8.23. The minimum atomic E-state index is -0.872. The molecule has 0 aliphatic heterocycles. The molecule has 0 fully saturated rings. The Balaban J connectivity index is 1.43. The molecule has 0 saturated heterocycles. The van der Waals surface area contributed by atoms with E-state index in [1.54, 1.807) is 24.3 Å². The van der Waals surface area contributed by atoms with E-state index in [-0.39, 0.29) is 30.5 Å². The van der Waals surface area contributed by atoms with E-state index in [0.29, 0.717) is 17.3 Å². The van der Waals surface area contributed by atoms with Crippen LogP contribution in [0.4, 0.5) is 23.7 Å². The van der Waals surface area contributed by atoms with Crippen molar-refractivity contribution in [3.8, 4) is 17.1 Å². The number of halogens is 3. The molecule has 3 rings (SSSR count). The molecule has 0 aliphatic carbocycles. The number of hydrogen-bond donors (Lipinski definition) is 2. The van der Waals surface area contributed by atoms with Crippen molar-refractivity contribution in [2.75, 3.05) is 18.5 Å².